The molecule has 1 N–H and O–H groups in total. The third-order valence-corrected chi connectivity index (χ3v) is 5.07. The van der Waals surface area contributed by atoms with Gasteiger partial charge < -0.3 is 10.2 Å². The number of carbonyl (C=O) groups is 1. The predicted octanol–water partition coefficient (Wildman–Crippen LogP) is 3.45. The van der Waals surface area contributed by atoms with Crippen molar-refractivity contribution in [2.75, 3.05) is 39.3 Å². The minimum atomic E-state index is 0.0432. The van der Waals surface area contributed by atoms with Crippen LogP contribution in [0.5, 0.6) is 0 Å². The Hall–Kier alpha value is -2.04. The van der Waals surface area contributed by atoms with E-state index < -0.39 is 0 Å². The Kier molecular flexibility index (Phi) is 6.92. The highest BCUT2D eigenvalue weighted by molar-refractivity contribution is 6.30. The van der Waals surface area contributed by atoms with Crippen molar-refractivity contribution >= 4 is 17.6 Å². The highest BCUT2D eigenvalue weighted by Crippen LogP contribution is 2.10. The van der Waals surface area contributed by atoms with E-state index in [0.29, 0.717) is 6.54 Å². The smallest absolute Gasteiger partial charge is 0.317 e. The van der Waals surface area contributed by atoms with Crippen LogP contribution in [0.2, 0.25) is 5.02 Å². The second kappa shape index (κ2) is 9.60. The normalized spacial score (nSPS) is 15.0. The number of hydrogen-bond acceptors (Lipinski definition) is 2. The average Bonchev–Trinajstić information content (AvgIpc) is 2.69. The van der Waals surface area contributed by atoms with Crippen LogP contribution in [0.15, 0.2) is 54.6 Å². The monoisotopic (exact) mass is 371 g/mol. The molecule has 0 unspecified atom stereocenters. The number of rotatable bonds is 6. The maximum Gasteiger partial charge on any atom is 0.317 e. The van der Waals surface area contributed by atoms with Gasteiger partial charge in [0, 0.05) is 44.3 Å². The lowest BCUT2D eigenvalue weighted by atomic mass is 10.1. The SMILES string of the molecule is O=C(NCCc1ccc(Cl)cc1)N1CCN(CCc2ccccc2)CC1. The number of piperazine rings is 1. The summed E-state index contributed by atoms with van der Waals surface area (Å²) in [6.45, 7) is 5.17. The molecule has 1 fully saturated rings. The third kappa shape index (κ3) is 5.75. The molecule has 0 saturated carbocycles. The summed E-state index contributed by atoms with van der Waals surface area (Å²) in [5, 5.41) is 3.76. The summed E-state index contributed by atoms with van der Waals surface area (Å²) in [5.41, 5.74) is 2.55. The molecule has 0 aromatic heterocycles. The van der Waals surface area contributed by atoms with Gasteiger partial charge in [-0.2, -0.15) is 0 Å². The van der Waals surface area contributed by atoms with E-state index in [2.05, 4.69) is 34.5 Å². The average molecular weight is 372 g/mol. The van der Waals surface area contributed by atoms with E-state index in [1.807, 2.05) is 35.2 Å². The molecule has 0 bridgehead atoms. The second-order valence-electron chi connectivity index (χ2n) is 6.67. The largest absolute Gasteiger partial charge is 0.338 e. The summed E-state index contributed by atoms with van der Waals surface area (Å²) in [6.07, 6.45) is 1.88. The molecular formula is C21H26ClN3O. The molecule has 1 aliphatic rings. The van der Waals surface area contributed by atoms with Gasteiger partial charge in [0.15, 0.2) is 0 Å². The Labute approximate surface area is 160 Å². The van der Waals surface area contributed by atoms with Crippen molar-refractivity contribution in [3.8, 4) is 0 Å². The van der Waals surface area contributed by atoms with Crippen molar-refractivity contribution in [1.82, 2.24) is 15.1 Å². The number of carbonyl (C=O) groups excluding carboxylic acids is 1. The van der Waals surface area contributed by atoms with E-state index in [0.717, 1.165) is 50.6 Å². The lowest BCUT2D eigenvalue weighted by molar-refractivity contribution is 0.140. The third-order valence-electron chi connectivity index (χ3n) is 4.82. The summed E-state index contributed by atoms with van der Waals surface area (Å²) in [7, 11) is 0. The van der Waals surface area contributed by atoms with Gasteiger partial charge in [-0.15, -0.1) is 0 Å². The zero-order valence-electron chi connectivity index (χ0n) is 15.0. The van der Waals surface area contributed by atoms with Gasteiger partial charge >= 0.3 is 6.03 Å². The van der Waals surface area contributed by atoms with Crippen molar-refractivity contribution in [2.24, 2.45) is 0 Å². The van der Waals surface area contributed by atoms with Gasteiger partial charge in [-0.3, -0.25) is 4.90 Å². The van der Waals surface area contributed by atoms with Crippen LogP contribution < -0.4 is 5.32 Å². The number of hydrogen-bond donors (Lipinski definition) is 1. The van der Waals surface area contributed by atoms with Crippen molar-refractivity contribution in [2.45, 2.75) is 12.8 Å². The van der Waals surface area contributed by atoms with E-state index in [-0.39, 0.29) is 6.03 Å². The van der Waals surface area contributed by atoms with Crippen LogP contribution in [0.3, 0.4) is 0 Å². The molecule has 5 heteroatoms. The lowest BCUT2D eigenvalue weighted by Gasteiger charge is -2.34. The maximum absolute atomic E-state index is 12.3. The first-order valence-electron chi connectivity index (χ1n) is 9.24. The molecule has 1 heterocycles. The minimum absolute atomic E-state index is 0.0432. The zero-order chi connectivity index (χ0) is 18.2. The highest BCUT2D eigenvalue weighted by Gasteiger charge is 2.20. The van der Waals surface area contributed by atoms with Crippen LogP contribution in [0.4, 0.5) is 4.79 Å². The molecular weight excluding hydrogens is 346 g/mol. The first kappa shape index (κ1) is 18.7. The first-order chi connectivity index (χ1) is 12.7. The van der Waals surface area contributed by atoms with Gasteiger partial charge in [0.05, 0.1) is 0 Å². The number of amides is 2. The zero-order valence-corrected chi connectivity index (χ0v) is 15.8. The molecule has 1 aliphatic heterocycles. The lowest BCUT2D eigenvalue weighted by Crippen LogP contribution is -2.52. The quantitative estimate of drug-likeness (QED) is 0.844. The molecule has 0 atom stereocenters. The summed E-state index contributed by atoms with van der Waals surface area (Å²) in [5.74, 6) is 0. The van der Waals surface area contributed by atoms with Crippen LogP contribution in [0.25, 0.3) is 0 Å². The number of nitrogens with one attached hydrogen (secondary N) is 1. The standard InChI is InChI=1S/C21H26ClN3O/c22-20-8-6-19(7-9-20)10-12-23-21(26)25-16-14-24(15-17-25)13-11-18-4-2-1-3-5-18/h1-9H,10-17H2,(H,23,26). The molecule has 26 heavy (non-hydrogen) atoms. The number of urea groups is 1. The van der Waals surface area contributed by atoms with Crippen LogP contribution in [0.1, 0.15) is 11.1 Å². The first-order valence-corrected chi connectivity index (χ1v) is 9.62. The number of benzene rings is 2. The molecule has 2 aromatic carbocycles. The van der Waals surface area contributed by atoms with E-state index in [4.69, 9.17) is 11.6 Å². The Balaban J connectivity index is 1.33. The van der Waals surface area contributed by atoms with E-state index >= 15 is 0 Å². The fourth-order valence-corrected chi connectivity index (χ4v) is 3.31. The van der Waals surface area contributed by atoms with Gasteiger partial charge in [-0.05, 0) is 36.1 Å². The number of halogens is 1. The summed E-state index contributed by atoms with van der Waals surface area (Å²) in [4.78, 5) is 16.7. The van der Waals surface area contributed by atoms with Crippen LogP contribution in [-0.2, 0) is 12.8 Å². The fourth-order valence-electron chi connectivity index (χ4n) is 3.18. The van der Waals surface area contributed by atoms with Gasteiger partial charge in [0.2, 0.25) is 0 Å². The molecule has 4 nitrogen and oxygen atoms in total. The topological polar surface area (TPSA) is 35.6 Å². The Morgan fingerprint density at radius 2 is 1.54 bits per heavy atom. The van der Waals surface area contributed by atoms with Crippen LogP contribution in [0, 0.1) is 0 Å². The molecule has 0 spiro atoms. The summed E-state index contributed by atoms with van der Waals surface area (Å²) >= 11 is 5.89. The van der Waals surface area contributed by atoms with Gasteiger partial charge in [-0.25, -0.2) is 4.79 Å². The molecule has 2 aromatic rings. The van der Waals surface area contributed by atoms with Crippen molar-refractivity contribution in [1.29, 1.82) is 0 Å². The molecule has 0 radical (unpaired) electrons. The van der Waals surface area contributed by atoms with E-state index in [1.165, 1.54) is 11.1 Å². The number of nitrogens with zero attached hydrogens (tertiary/aromatic N) is 2. The van der Waals surface area contributed by atoms with Crippen molar-refractivity contribution in [3.63, 3.8) is 0 Å². The van der Waals surface area contributed by atoms with E-state index in [1.54, 1.807) is 0 Å². The van der Waals surface area contributed by atoms with Gasteiger partial charge in [0.1, 0.15) is 0 Å². The molecule has 0 aliphatic carbocycles. The predicted molar refractivity (Wildman–Crippen MR) is 107 cm³/mol. The van der Waals surface area contributed by atoms with Crippen molar-refractivity contribution < 1.29 is 4.79 Å². The second-order valence-corrected chi connectivity index (χ2v) is 7.11. The Morgan fingerprint density at radius 3 is 2.23 bits per heavy atom. The molecule has 138 valence electrons. The molecule has 1 saturated heterocycles. The Bertz CT molecular complexity index is 682. The summed E-state index contributed by atoms with van der Waals surface area (Å²) in [6, 6.07) is 18.4. The Morgan fingerprint density at radius 1 is 0.885 bits per heavy atom. The molecule has 3 rings (SSSR count). The van der Waals surface area contributed by atoms with Crippen LogP contribution in [-0.4, -0.2) is 55.1 Å². The van der Waals surface area contributed by atoms with Gasteiger partial charge in [-0.1, -0.05) is 54.1 Å². The summed E-state index contributed by atoms with van der Waals surface area (Å²) < 4.78 is 0. The molecule has 2 amide bonds. The maximum atomic E-state index is 12.3. The van der Waals surface area contributed by atoms with E-state index in [9.17, 15) is 4.79 Å². The highest BCUT2D eigenvalue weighted by atomic mass is 35.5. The fraction of sp³-hybridized carbons (Fsp3) is 0.381. The minimum Gasteiger partial charge on any atom is -0.338 e. The van der Waals surface area contributed by atoms with Crippen molar-refractivity contribution in [3.05, 3.63) is 70.7 Å². The van der Waals surface area contributed by atoms with Gasteiger partial charge in [0.25, 0.3) is 0 Å². The van der Waals surface area contributed by atoms with Crippen LogP contribution >= 0.6 is 11.6 Å².